The number of hydrogen-bond acceptors (Lipinski definition) is 13. The van der Waals surface area contributed by atoms with Gasteiger partial charge in [0.25, 0.3) is 0 Å². The fourth-order valence-corrected chi connectivity index (χ4v) is 8.73. The van der Waals surface area contributed by atoms with Crippen molar-refractivity contribution in [2.24, 2.45) is 0 Å². The average Bonchev–Trinajstić information content (AvgIpc) is 3.26. The third-order valence-corrected chi connectivity index (χ3v) is 10.2. The van der Waals surface area contributed by atoms with Crippen molar-refractivity contribution in [1.29, 1.82) is 5.26 Å². The van der Waals surface area contributed by atoms with E-state index in [2.05, 4.69) is 23.4 Å². The molecule has 2 aromatic rings. The van der Waals surface area contributed by atoms with E-state index >= 15 is 0 Å². The maximum atomic E-state index is 12.1. The number of phosphoric acid groups is 1. The molecule has 0 spiro atoms. The Morgan fingerprint density at radius 1 is 1.38 bits per heavy atom. The van der Waals surface area contributed by atoms with E-state index in [0.29, 0.717) is 0 Å². The number of anilines is 1. The summed E-state index contributed by atoms with van der Waals surface area (Å²) in [7, 11) is -14.4. The van der Waals surface area contributed by atoms with Gasteiger partial charge in [-0.15, -0.1) is 0 Å². The van der Waals surface area contributed by atoms with Crippen LogP contribution in [0.3, 0.4) is 0 Å². The number of aromatic nitrogens is 3. The molecule has 17 nitrogen and oxygen atoms in total. The molecular formula is C14H18N5O12P3. The second-order valence-electron chi connectivity index (χ2n) is 7.39. The Morgan fingerprint density at radius 2 is 2.06 bits per heavy atom. The summed E-state index contributed by atoms with van der Waals surface area (Å²) in [6, 6.07) is 4.54. The lowest BCUT2D eigenvalue weighted by Gasteiger charge is -2.33. The number of aliphatic hydroxyl groups is 2. The van der Waals surface area contributed by atoms with Gasteiger partial charge in [-0.1, -0.05) is 0 Å². The number of nitrogen functional groups attached to an aromatic ring is 1. The Labute approximate surface area is 189 Å². The summed E-state index contributed by atoms with van der Waals surface area (Å²) in [5.74, 6) is -1.76. The van der Waals surface area contributed by atoms with E-state index in [1.54, 1.807) is 6.07 Å². The van der Waals surface area contributed by atoms with Crippen LogP contribution in [-0.4, -0.2) is 76.4 Å². The van der Waals surface area contributed by atoms with Crippen LogP contribution in [0.2, 0.25) is 0 Å². The highest BCUT2D eigenvalue weighted by molar-refractivity contribution is 7.67. The molecule has 20 heteroatoms. The average molecular weight is 541 g/mol. The van der Waals surface area contributed by atoms with Crippen molar-refractivity contribution >= 4 is 34.3 Å². The molecule has 8 atom stereocenters. The predicted molar refractivity (Wildman–Crippen MR) is 108 cm³/mol. The first-order valence-corrected chi connectivity index (χ1v) is 14.2. The van der Waals surface area contributed by atoms with Gasteiger partial charge in [-0.2, -0.15) is 10.4 Å². The summed E-state index contributed by atoms with van der Waals surface area (Å²) in [6.45, 7) is -0.972. The summed E-state index contributed by atoms with van der Waals surface area (Å²) in [6.07, 6.45) is -4.98. The topological polar surface area (TPSA) is 269 Å². The van der Waals surface area contributed by atoms with Gasteiger partial charge in [0.2, 0.25) is 5.60 Å². The maximum absolute atomic E-state index is 12.1. The Balaban J connectivity index is 1.50. The van der Waals surface area contributed by atoms with Crippen molar-refractivity contribution in [3.05, 3.63) is 24.2 Å². The Hall–Kier alpha value is -1.76. The molecule has 0 bridgehead atoms. The third-order valence-electron chi connectivity index (χ3n) is 5.15. The van der Waals surface area contributed by atoms with Crippen molar-refractivity contribution in [1.82, 2.24) is 14.6 Å². The second kappa shape index (κ2) is 8.42. The van der Waals surface area contributed by atoms with E-state index in [9.17, 15) is 39.0 Å². The number of fused-ring (bicyclic) bond motifs is 1. The second-order valence-corrected chi connectivity index (χ2v) is 12.8. The standard InChI is InChI=1S/C14H18N5O12P3/c15-5-14(9-2-1-7-13(16)17-6-18-19(7)9)12(21)11(20)8(29-14)3-28-34(26,27)31-33(24,25)10-4-32(22,23)30-10/h1-2,6,8,10-12,20-21H,3-4H2,(H,22,23)(H,24,25)(H,26,27)(H2,16,17,18)/t8-,10?,11-,12-,14+/m1/s1. The first kappa shape index (κ1) is 25.3. The van der Waals surface area contributed by atoms with Crippen LogP contribution in [0.4, 0.5) is 5.82 Å². The molecule has 7 N–H and O–H groups in total. The van der Waals surface area contributed by atoms with Crippen LogP contribution in [0, 0.1) is 11.3 Å². The zero-order valence-corrected chi connectivity index (χ0v) is 19.4. The summed E-state index contributed by atoms with van der Waals surface area (Å²) < 4.78 is 55.1. The molecule has 186 valence electrons. The van der Waals surface area contributed by atoms with E-state index in [1.165, 1.54) is 12.1 Å². The summed E-state index contributed by atoms with van der Waals surface area (Å²) in [5.41, 5.74) is 3.78. The Kier molecular flexibility index (Phi) is 6.28. The van der Waals surface area contributed by atoms with Gasteiger partial charge in [0.05, 0.1) is 18.5 Å². The normalized spacial score (nSPS) is 36.9. The van der Waals surface area contributed by atoms with E-state index in [0.717, 1.165) is 10.8 Å². The maximum Gasteiger partial charge on any atom is 0.479 e. The molecule has 2 aliphatic rings. The molecule has 2 fully saturated rings. The number of nitrogens with two attached hydrogens (primary N) is 1. The number of nitrogens with zero attached hydrogens (tertiary/aromatic N) is 4. The molecule has 34 heavy (non-hydrogen) atoms. The highest BCUT2D eigenvalue weighted by Crippen LogP contribution is 2.71. The van der Waals surface area contributed by atoms with E-state index in [1.807, 2.05) is 0 Å². The molecule has 4 rings (SSSR count). The van der Waals surface area contributed by atoms with Crippen LogP contribution in [0.5, 0.6) is 0 Å². The zero-order chi connectivity index (χ0) is 25.1. The van der Waals surface area contributed by atoms with Crippen molar-refractivity contribution in [3.8, 4) is 6.07 Å². The molecule has 2 aromatic heterocycles. The van der Waals surface area contributed by atoms with Crippen LogP contribution in [-0.2, 0) is 37.4 Å². The lowest BCUT2D eigenvalue weighted by Crippen LogP contribution is -2.41. The van der Waals surface area contributed by atoms with E-state index in [4.69, 9.17) is 15.4 Å². The Bertz CT molecular complexity index is 1300. The van der Waals surface area contributed by atoms with Gasteiger partial charge in [0.15, 0.2) is 11.7 Å². The smallest absolute Gasteiger partial charge is 0.387 e. The highest BCUT2D eigenvalue weighted by Gasteiger charge is 2.58. The number of phosphoric ester groups is 1. The van der Waals surface area contributed by atoms with Crippen molar-refractivity contribution in [2.45, 2.75) is 29.8 Å². The van der Waals surface area contributed by atoms with Gasteiger partial charge in [-0.3, -0.25) is 18.2 Å². The molecule has 2 aliphatic heterocycles. The first-order valence-electron chi connectivity index (χ1n) is 9.27. The summed E-state index contributed by atoms with van der Waals surface area (Å²) in [4.78, 5) is 32.4. The molecule has 4 heterocycles. The van der Waals surface area contributed by atoms with Crippen LogP contribution in [0.1, 0.15) is 5.69 Å². The van der Waals surface area contributed by atoms with Gasteiger partial charge in [-0.05, 0) is 12.1 Å². The molecule has 0 amide bonds. The van der Waals surface area contributed by atoms with Crippen molar-refractivity contribution < 1.29 is 56.7 Å². The fraction of sp³-hybridized carbons (Fsp3) is 0.500. The zero-order valence-electron chi connectivity index (χ0n) is 16.8. The minimum atomic E-state index is -5.31. The molecule has 0 radical (unpaired) electrons. The van der Waals surface area contributed by atoms with Crippen LogP contribution < -0.4 is 5.73 Å². The van der Waals surface area contributed by atoms with Gasteiger partial charge < -0.3 is 35.4 Å². The minimum absolute atomic E-state index is 0.0352. The molecule has 0 aromatic carbocycles. The van der Waals surface area contributed by atoms with Gasteiger partial charge in [-0.25, -0.2) is 18.4 Å². The quantitative estimate of drug-likeness (QED) is 0.230. The number of hydrogen-bond donors (Lipinski definition) is 6. The SMILES string of the molecule is N#C[C@@]1(c2ccc3c(N)ncnn23)O[C@H](COP(=O)(O)OP(=O)(O)C2CP(=O)(O)O2)[C@@H](O)[C@H]1O. The highest BCUT2D eigenvalue weighted by atomic mass is 31.3. The van der Waals surface area contributed by atoms with Gasteiger partial charge in [0, 0.05) is 0 Å². The largest absolute Gasteiger partial charge is 0.479 e. The monoisotopic (exact) mass is 541 g/mol. The molecule has 4 unspecified atom stereocenters. The van der Waals surface area contributed by atoms with Crippen LogP contribution in [0.25, 0.3) is 5.52 Å². The molecule has 0 saturated carbocycles. The lowest BCUT2D eigenvalue weighted by atomic mass is 9.92. The number of nitriles is 1. The first-order chi connectivity index (χ1) is 15.7. The molecule has 0 aliphatic carbocycles. The Morgan fingerprint density at radius 3 is 2.68 bits per heavy atom. The van der Waals surface area contributed by atoms with Gasteiger partial charge in [0.1, 0.15) is 36.2 Å². The lowest BCUT2D eigenvalue weighted by molar-refractivity contribution is -0.0634. The molecule has 2 saturated heterocycles. The van der Waals surface area contributed by atoms with Crippen molar-refractivity contribution in [2.75, 3.05) is 18.5 Å². The number of aliphatic hydroxyl groups excluding tert-OH is 2. The minimum Gasteiger partial charge on any atom is -0.387 e. The fourth-order valence-electron chi connectivity index (χ4n) is 3.48. The van der Waals surface area contributed by atoms with Crippen LogP contribution in [0.15, 0.2) is 18.5 Å². The summed E-state index contributed by atoms with van der Waals surface area (Å²) >= 11 is 0. The third kappa shape index (κ3) is 4.33. The van der Waals surface area contributed by atoms with E-state index in [-0.39, 0.29) is 17.0 Å². The summed E-state index contributed by atoms with van der Waals surface area (Å²) in [5, 5.41) is 34.8. The number of rotatable bonds is 7. The van der Waals surface area contributed by atoms with E-state index < -0.39 is 65.5 Å². The predicted octanol–water partition coefficient (Wildman–Crippen LogP) is -0.988. The van der Waals surface area contributed by atoms with Crippen LogP contribution >= 0.6 is 23.0 Å². The van der Waals surface area contributed by atoms with Gasteiger partial charge >= 0.3 is 23.0 Å². The number of ether oxygens (including phenoxy) is 1. The molecular weight excluding hydrogens is 523 g/mol. The van der Waals surface area contributed by atoms with Crippen molar-refractivity contribution in [3.63, 3.8) is 0 Å².